The van der Waals surface area contributed by atoms with Crippen molar-refractivity contribution in [3.8, 4) is 0 Å². The summed E-state index contributed by atoms with van der Waals surface area (Å²) in [5.41, 5.74) is 1.03. The maximum Gasteiger partial charge on any atom is 0.132 e. The molecule has 4 heteroatoms. The predicted octanol–water partition coefficient (Wildman–Crippen LogP) is 1.40. The van der Waals surface area contributed by atoms with E-state index >= 15 is 0 Å². The summed E-state index contributed by atoms with van der Waals surface area (Å²) in [5, 5.41) is 0. The van der Waals surface area contributed by atoms with E-state index in [1.807, 2.05) is 6.92 Å². The molecule has 1 saturated heterocycles. The molecule has 2 fully saturated rings. The van der Waals surface area contributed by atoms with E-state index in [1.54, 1.807) is 6.33 Å². The average molecular weight is 219 g/mol. The second kappa shape index (κ2) is 4.01. The van der Waals surface area contributed by atoms with Crippen LogP contribution in [0.2, 0.25) is 0 Å². The van der Waals surface area contributed by atoms with Crippen molar-refractivity contribution in [2.45, 2.75) is 25.8 Å². The Hall–Kier alpha value is -1.16. The molecule has 1 aliphatic heterocycles. The van der Waals surface area contributed by atoms with E-state index in [0.717, 1.165) is 37.2 Å². The van der Waals surface area contributed by atoms with E-state index in [2.05, 4.69) is 20.9 Å². The lowest BCUT2D eigenvalue weighted by molar-refractivity contribution is 0.0874. The Kier molecular flexibility index (Phi) is 2.52. The minimum absolute atomic E-state index is 0.531. The average Bonchev–Trinajstić information content (AvgIpc) is 3.13. The number of aromatic nitrogens is 2. The molecule has 2 aliphatic rings. The van der Waals surface area contributed by atoms with Crippen molar-refractivity contribution in [3.05, 3.63) is 18.1 Å². The Balaban J connectivity index is 1.85. The van der Waals surface area contributed by atoms with Crippen LogP contribution in [-0.2, 0) is 4.74 Å². The summed E-state index contributed by atoms with van der Waals surface area (Å²) in [6, 6.07) is 2.60. The van der Waals surface area contributed by atoms with Gasteiger partial charge in [-0.1, -0.05) is 0 Å². The van der Waals surface area contributed by atoms with Gasteiger partial charge in [0.25, 0.3) is 0 Å². The van der Waals surface area contributed by atoms with Crippen LogP contribution < -0.4 is 4.90 Å². The van der Waals surface area contributed by atoms with Crippen molar-refractivity contribution in [3.63, 3.8) is 0 Å². The van der Waals surface area contributed by atoms with Crippen LogP contribution in [0.5, 0.6) is 0 Å². The van der Waals surface area contributed by atoms with Crippen LogP contribution in [0.25, 0.3) is 0 Å². The lowest BCUT2D eigenvalue weighted by Crippen LogP contribution is -2.47. The largest absolute Gasteiger partial charge is 0.377 e. The summed E-state index contributed by atoms with van der Waals surface area (Å²) < 4.78 is 5.58. The van der Waals surface area contributed by atoms with Crippen molar-refractivity contribution in [1.82, 2.24) is 9.97 Å². The van der Waals surface area contributed by atoms with Crippen molar-refractivity contribution in [2.24, 2.45) is 5.92 Å². The minimum atomic E-state index is 0.531. The highest BCUT2D eigenvalue weighted by Crippen LogP contribution is 2.37. The normalized spacial score (nSPS) is 25.8. The molecule has 86 valence electrons. The van der Waals surface area contributed by atoms with Crippen LogP contribution in [0, 0.1) is 12.8 Å². The van der Waals surface area contributed by atoms with Gasteiger partial charge in [-0.15, -0.1) is 0 Å². The third kappa shape index (κ3) is 1.89. The number of anilines is 1. The maximum atomic E-state index is 5.58. The summed E-state index contributed by atoms with van der Waals surface area (Å²) in [4.78, 5) is 10.9. The highest BCUT2D eigenvalue weighted by molar-refractivity contribution is 5.41. The van der Waals surface area contributed by atoms with Gasteiger partial charge in [0.15, 0.2) is 0 Å². The summed E-state index contributed by atoms with van der Waals surface area (Å²) in [6.07, 6.45) is 4.34. The van der Waals surface area contributed by atoms with Gasteiger partial charge in [-0.2, -0.15) is 0 Å². The van der Waals surface area contributed by atoms with Crippen LogP contribution >= 0.6 is 0 Å². The van der Waals surface area contributed by atoms with Gasteiger partial charge >= 0.3 is 0 Å². The molecule has 16 heavy (non-hydrogen) atoms. The third-order valence-electron chi connectivity index (χ3n) is 3.42. The highest BCUT2D eigenvalue weighted by atomic mass is 16.5. The fraction of sp³-hybridized carbons (Fsp3) is 0.667. The molecule has 3 rings (SSSR count). The summed E-state index contributed by atoms with van der Waals surface area (Å²) >= 11 is 0. The van der Waals surface area contributed by atoms with Gasteiger partial charge in [-0.3, -0.25) is 0 Å². The SMILES string of the molecule is Cc1cc(N2CCOC[C@H]2C2CC2)ncn1. The smallest absolute Gasteiger partial charge is 0.132 e. The Bertz CT molecular complexity index is 378. The number of aryl methyl sites for hydroxylation is 1. The summed E-state index contributed by atoms with van der Waals surface area (Å²) in [7, 11) is 0. The molecule has 0 spiro atoms. The van der Waals surface area contributed by atoms with Gasteiger partial charge in [-0.05, 0) is 25.7 Å². The Labute approximate surface area is 95.7 Å². The molecule has 4 nitrogen and oxygen atoms in total. The van der Waals surface area contributed by atoms with Gasteiger partial charge in [0, 0.05) is 18.3 Å². The number of hydrogen-bond donors (Lipinski definition) is 0. The fourth-order valence-electron chi connectivity index (χ4n) is 2.38. The van der Waals surface area contributed by atoms with Gasteiger partial charge in [0.05, 0.1) is 19.3 Å². The topological polar surface area (TPSA) is 38.2 Å². The van der Waals surface area contributed by atoms with Crippen molar-refractivity contribution >= 4 is 5.82 Å². The molecule has 1 aromatic rings. The Morgan fingerprint density at radius 3 is 3.00 bits per heavy atom. The number of rotatable bonds is 2. The van der Waals surface area contributed by atoms with Crippen LogP contribution in [-0.4, -0.2) is 35.8 Å². The van der Waals surface area contributed by atoms with Crippen LogP contribution in [0.15, 0.2) is 12.4 Å². The lowest BCUT2D eigenvalue weighted by atomic mass is 10.1. The third-order valence-corrected chi connectivity index (χ3v) is 3.42. The zero-order valence-electron chi connectivity index (χ0n) is 9.59. The predicted molar refractivity (Wildman–Crippen MR) is 61.4 cm³/mol. The van der Waals surface area contributed by atoms with E-state index in [9.17, 15) is 0 Å². The molecule has 1 aromatic heterocycles. The highest BCUT2D eigenvalue weighted by Gasteiger charge is 2.37. The summed E-state index contributed by atoms with van der Waals surface area (Å²) in [5.74, 6) is 1.88. The zero-order valence-corrected chi connectivity index (χ0v) is 9.59. The number of nitrogens with zero attached hydrogens (tertiary/aromatic N) is 3. The van der Waals surface area contributed by atoms with Crippen LogP contribution in [0.1, 0.15) is 18.5 Å². The Morgan fingerprint density at radius 1 is 1.38 bits per heavy atom. The second-order valence-electron chi connectivity index (χ2n) is 4.69. The van der Waals surface area contributed by atoms with E-state index in [4.69, 9.17) is 4.74 Å². The molecule has 0 radical (unpaired) electrons. The molecule has 0 aromatic carbocycles. The first-order chi connectivity index (χ1) is 7.84. The van der Waals surface area contributed by atoms with Crippen molar-refractivity contribution in [2.75, 3.05) is 24.7 Å². The molecule has 1 aliphatic carbocycles. The molecule has 0 bridgehead atoms. The number of morpholine rings is 1. The van der Waals surface area contributed by atoms with Gasteiger partial charge in [-0.25, -0.2) is 9.97 Å². The first-order valence-corrected chi connectivity index (χ1v) is 5.97. The van der Waals surface area contributed by atoms with E-state index < -0.39 is 0 Å². The quantitative estimate of drug-likeness (QED) is 0.753. The first kappa shape index (κ1) is 10.0. The Morgan fingerprint density at radius 2 is 2.25 bits per heavy atom. The maximum absolute atomic E-state index is 5.58. The molecular weight excluding hydrogens is 202 g/mol. The minimum Gasteiger partial charge on any atom is -0.377 e. The molecule has 1 saturated carbocycles. The molecule has 2 heterocycles. The van der Waals surface area contributed by atoms with Crippen molar-refractivity contribution in [1.29, 1.82) is 0 Å². The summed E-state index contributed by atoms with van der Waals surface area (Å²) in [6.45, 7) is 4.63. The van der Waals surface area contributed by atoms with Gasteiger partial charge < -0.3 is 9.64 Å². The van der Waals surface area contributed by atoms with Crippen LogP contribution in [0.3, 0.4) is 0 Å². The van der Waals surface area contributed by atoms with Crippen LogP contribution in [0.4, 0.5) is 5.82 Å². The molecule has 0 unspecified atom stereocenters. The number of ether oxygens (including phenoxy) is 1. The van der Waals surface area contributed by atoms with Gasteiger partial charge in [0.1, 0.15) is 12.1 Å². The second-order valence-corrected chi connectivity index (χ2v) is 4.69. The first-order valence-electron chi connectivity index (χ1n) is 5.97. The molecular formula is C12H17N3O. The standard InChI is InChI=1S/C12H17N3O/c1-9-6-12(14-8-13-9)15-4-5-16-7-11(15)10-2-3-10/h6,8,10-11H,2-5,7H2,1H3/t11-/m0/s1. The molecule has 1 atom stereocenters. The zero-order chi connectivity index (χ0) is 11.0. The lowest BCUT2D eigenvalue weighted by Gasteiger charge is -2.36. The van der Waals surface area contributed by atoms with E-state index in [0.29, 0.717) is 6.04 Å². The number of hydrogen-bond acceptors (Lipinski definition) is 4. The molecule has 0 N–H and O–H groups in total. The van der Waals surface area contributed by atoms with Gasteiger partial charge in [0.2, 0.25) is 0 Å². The van der Waals surface area contributed by atoms with E-state index in [1.165, 1.54) is 12.8 Å². The fourth-order valence-corrected chi connectivity index (χ4v) is 2.38. The van der Waals surface area contributed by atoms with Crippen molar-refractivity contribution < 1.29 is 4.74 Å². The monoisotopic (exact) mass is 219 g/mol. The van der Waals surface area contributed by atoms with E-state index in [-0.39, 0.29) is 0 Å². The molecule has 0 amide bonds.